The maximum absolute atomic E-state index is 12.7. The van der Waals surface area contributed by atoms with Crippen molar-refractivity contribution >= 4 is 43.4 Å². The Kier molecular flexibility index (Phi) is 3.37. The average molecular weight is 362 g/mol. The number of carbonyl (C=O) groups is 1. The number of aromatic nitrogens is 3. The van der Waals surface area contributed by atoms with Crippen molar-refractivity contribution in [2.24, 2.45) is 0 Å². The van der Waals surface area contributed by atoms with Crippen molar-refractivity contribution in [1.82, 2.24) is 14.8 Å². The van der Waals surface area contributed by atoms with E-state index in [9.17, 15) is 4.79 Å². The molecule has 1 N–H and O–H groups in total. The van der Waals surface area contributed by atoms with Crippen LogP contribution in [0.1, 0.15) is 41.5 Å². The number of amides is 1. The zero-order valence-electron chi connectivity index (χ0n) is 14.6. The number of carbonyl (C=O) groups excluding carboxylic acids is 1. The largest absolute Gasteiger partial charge is 0.296 e. The van der Waals surface area contributed by atoms with E-state index in [0.717, 1.165) is 23.1 Å². The van der Waals surface area contributed by atoms with Gasteiger partial charge < -0.3 is 0 Å². The highest BCUT2D eigenvalue weighted by molar-refractivity contribution is 7.22. The fourth-order valence-electron chi connectivity index (χ4n) is 3.82. The van der Waals surface area contributed by atoms with Gasteiger partial charge in [-0.2, -0.15) is 5.10 Å². The Morgan fingerprint density at radius 3 is 2.92 bits per heavy atom. The molecule has 1 aliphatic rings. The second-order valence-corrected chi connectivity index (χ2v) is 7.98. The molecule has 0 atom stereocenters. The summed E-state index contributed by atoms with van der Waals surface area (Å²) >= 11 is 1.53. The SMILES string of the molecule is CC(C)n1nccc1C(=O)Nc1nc2c(cc3c4c(cccc42)CC3)s1. The fourth-order valence-corrected chi connectivity index (χ4v) is 4.77. The van der Waals surface area contributed by atoms with Gasteiger partial charge in [-0.1, -0.05) is 29.5 Å². The average Bonchev–Trinajstić information content (AvgIpc) is 3.33. The first-order valence-electron chi connectivity index (χ1n) is 8.80. The number of thiazole rings is 1. The predicted octanol–water partition coefficient (Wildman–Crippen LogP) is 4.58. The highest BCUT2D eigenvalue weighted by Crippen LogP contribution is 2.39. The number of anilines is 1. The van der Waals surface area contributed by atoms with Gasteiger partial charge in [-0.25, -0.2) is 4.98 Å². The molecule has 0 saturated heterocycles. The van der Waals surface area contributed by atoms with E-state index < -0.39 is 0 Å². The van der Waals surface area contributed by atoms with E-state index in [-0.39, 0.29) is 11.9 Å². The van der Waals surface area contributed by atoms with E-state index in [1.807, 2.05) is 13.8 Å². The molecule has 0 fully saturated rings. The molecule has 5 nitrogen and oxygen atoms in total. The van der Waals surface area contributed by atoms with Gasteiger partial charge in [-0.3, -0.25) is 14.8 Å². The zero-order valence-corrected chi connectivity index (χ0v) is 15.4. The first-order chi connectivity index (χ1) is 12.6. The Bertz CT molecular complexity index is 1170. The molecule has 0 unspecified atom stereocenters. The summed E-state index contributed by atoms with van der Waals surface area (Å²) in [6.07, 6.45) is 3.84. The Labute approximate surface area is 154 Å². The van der Waals surface area contributed by atoms with Crippen LogP contribution in [0.25, 0.3) is 21.0 Å². The van der Waals surface area contributed by atoms with E-state index in [1.165, 1.54) is 33.2 Å². The van der Waals surface area contributed by atoms with Gasteiger partial charge in [0.25, 0.3) is 5.91 Å². The van der Waals surface area contributed by atoms with Crippen molar-refractivity contribution in [3.63, 3.8) is 0 Å². The lowest BCUT2D eigenvalue weighted by Crippen LogP contribution is -2.18. The minimum absolute atomic E-state index is 0.129. The molecule has 1 amide bonds. The first-order valence-corrected chi connectivity index (χ1v) is 9.62. The van der Waals surface area contributed by atoms with Crippen LogP contribution < -0.4 is 5.32 Å². The molecule has 0 bridgehead atoms. The molecule has 0 saturated carbocycles. The van der Waals surface area contributed by atoms with E-state index >= 15 is 0 Å². The summed E-state index contributed by atoms with van der Waals surface area (Å²) in [4.78, 5) is 17.4. The smallest absolute Gasteiger partial charge is 0.275 e. The van der Waals surface area contributed by atoms with Crippen LogP contribution in [-0.4, -0.2) is 20.7 Å². The Morgan fingerprint density at radius 2 is 2.08 bits per heavy atom. The Hall–Kier alpha value is -2.73. The molecule has 2 heterocycles. The monoisotopic (exact) mass is 362 g/mol. The van der Waals surface area contributed by atoms with Gasteiger partial charge in [-0.15, -0.1) is 0 Å². The molecule has 1 aliphatic carbocycles. The standard InChI is InChI=1S/C20H18N4OS/c1-11(2)24-15(8-9-21-24)19(25)23-20-22-18-14-5-3-4-12-6-7-13(17(12)14)10-16(18)26-20/h3-5,8-11H,6-7H2,1-2H3,(H,22,23,25). The van der Waals surface area contributed by atoms with Crippen LogP contribution in [0.4, 0.5) is 5.13 Å². The van der Waals surface area contributed by atoms with Gasteiger partial charge in [0.15, 0.2) is 5.13 Å². The minimum Gasteiger partial charge on any atom is -0.296 e. The minimum atomic E-state index is -0.174. The van der Waals surface area contributed by atoms with Crippen molar-refractivity contribution in [2.45, 2.75) is 32.7 Å². The highest BCUT2D eigenvalue weighted by Gasteiger charge is 2.20. The maximum atomic E-state index is 12.7. The number of benzene rings is 2. The molecule has 2 aromatic carbocycles. The summed E-state index contributed by atoms with van der Waals surface area (Å²) in [6.45, 7) is 4.01. The van der Waals surface area contributed by atoms with Gasteiger partial charge in [0, 0.05) is 17.6 Å². The van der Waals surface area contributed by atoms with Gasteiger partial charge >= 0.3 is 0 Å². The summed E-state index contributed by atoms with van der Waals surface area (Å²) in [5.74, 6) is -0.174. The van der Waals surface area contributed by atoms with Crippen LogP contribution in [-0.2, 0) is 12.8 Å². The highest BCUT2D eigenvalue weighted by atomic mass is 32.1. The third-order valence-corrected chi connectivity index (χ3v) is 5.88. The first kappa shape index (κ1) is 15.5. The van der Waals surface area contributed by atoms with E-state index in [2.05, 4.69) is 34.7 Å². The van der Waals surface area contributed by atoms with Crippen LogP contribution in [0.5, 0.6) is 0 Å². The Balaban J connectivity index is 1.57. The number of hydrogen-bond acceptors (Lipinski definition) is 4. The third kappa shape index (κ3) is 2.25. The molecule has 6 heteroatoms. The number of nitrogens with zero attached hydrogens (tertiary/aromatic N) is 3. The molecular formula is C20H18N4OS. The van der Waals surface area contributed by atoms with Crippen molar-refractivity contribution < 1.29 is 4.79 Å². The van der Waals surface area contributed by atoms with Gasteiger partial charge in [0.2, 0.25) is 0 Å². The lowest BCUT2D eigenvalue weighted by atomic mass is 10.0. The van der Waals surface area contributed by atoms with Gasteiger partial charge in [-0.05, 0) is 55.3 Å². The topological polar surface area (TPSA) is 59.8 Å². The molecule has 2 aromatic heterocycles. The summed E-state index contributed by atoms with van der Waals surface area (Å²) in [5, 5.41) is 10.4. The normalized spacial score (nSPS) is 13.2. The molecule has 26 heavy (non-hydrogen) atoms. The maximum Gasteiger partial charge on any atom is 0.275 e. The summed E-state index contributed by atoms with van der Waals surface area (Å²) in [7, 11) is 0. The molecule has 0 aliphatic heterocycles. The third-order valence-electron chi connectivity index (χ3n) is 4.96. The molecule has 4 aromatic rings. The van der Waals surface area contributed by atoms with Crippen molar-refractivity contribution in [1.29, 1.82) is 0 Å². The lowest BCUT2D eigenvalue weighted by molar-refractivity contribution is 0.101. The van der Waals surface area contributed by atoms with Gasteiger partial charge in [0.05, 0.1) is 10.2 Å². The van der Waals surface area contributed by atoms with Crippen LogP contribution in [0.3, 0.4) is 0 Å². The molecule has 5 rings (SSSR count). The number of hydrogen-bond donors (Lipinski definition) is 1. The zero-order chi connectivity index (χ0) is 17.8. The second kappa shape index (κ2) is 5.64. The van der Waals surface area contributed by atoms with Crippen molar-refractivity contribution in [3.05, 3.63) is 53.3 Å². The van der Waals surface area contributed by atoms with Gasteiger partial charge in [0.1, 0.15) is 5.69 Å². The van der Waals surface area contributed by atoms with Crippen LogP contribution in [0, 0.1) is 0 Å². The number of aryl methyl sites for hydroxylation is 2. The summed E-state index contributed by atoms with van der Waals surface area (Å²) in [5.41, 5.74) is 4.32. The number of fused-ring (bicyclic) bond motifs is 2. The van der Waals surface area contributed by atoms with Crippen molar-refractivity contribution in [2.75, 3.05) is 5.32 Å². The summed E-state index contributed by atoms with van der Waals surface area (Å²) in [6, 6.07) is 10.5. The molecule has 0 radical (unpaired) electrons. The van der Waals surface area contributed by atoms with Crippen LogP contribution in [0.2, 0.25) is 0 Å². The van der Waals surface area contributed by atoms with Crippen molar-refractivity contribution in [3.8, 4) is 0 Å². The molecule has 130 valence electrons. The lowest BCUT2D eigenvalue weighted by Gasteiger charge is -2.09. The quantitative estimate of drug-likeness (QED) is 0.580. The number of nitrogens with one attached hydrogen (secondary N) is 1. The fraction of sp³-hybridized carbons (Fsp3) is 0.250. The summed E-state index contributed by atoms with van der Waals surface area (Å²) < 4.78 is 2.85. The van der Waals surface area contributed by atoms with Crippen LogP contribution in [0.15, 0.2) is 36.5 Å². The second-order valence-electron chi connectivity index (χ2n) is 6.95. The van der Waals surface area contributed by atoms with E-state index in [1.54, 1.807) is 16.9 Å². The number of rotatable bonds is 3. The van der Waals surface area contributed by atoms with Crippen LogP contribution >= 0.6 is 11.3 Å². The van der Waals surface area contributed by atoms with E-state index in [0.29, 0.717) is 10.8 Å². The predicted molar refractivity (Wildman–Crippen MR) is 105 cm³/mol. The molecular weight excluding hydrogens is 344 g/mol. The Morgan fingerprint density at radius 1 is 1.23 bits per heavy atom. The van der Waals surface area contributed by atoms with E-state index in [4.69, 9.17) is 4.98 Å². The molecule has 0 spiro atoms.